The molecule has 0 aliphatic rings. The normalized spacial score (nSPS) is 12.0. The van der Waals surface area contributed by atoms with Gasteiger partial charge in [-0.1, -0.05) is 0 Å². The van der Waals surface area contributed by atoms with Gasteiger partial charge in [0, 0.05) is 17.7 Å². The average molecular weight is 295 g/mol. The number of halogens is 2. The molecule has 1 N–H and O–H groups in total. The van der Waals surface area contributed by atoms with E-state index in [4.69, 9.17) is 4.74 Å². The second kappa shape index (κ2) is 6.27. The Morgan fingerprint density at radius 3 is 2.48 bits per heavy atom. The first-order chi connectivity index (χ1) is 9.97. The molecule has 0 radical (unpaired) electrons. The van der Waals surface area contributed by atoms with E-state index in [1.165, 1.54) is 24.3 Å². The highest BCUT2D eigenvalue weighted by Crippen LogP contribution is 2.21. The van der Waals surface area contributed by atoms with Crippen LogP contribution in [0.25, 0.3) is 0 Å². The number of ether oxygens (including phenoxy) is 1. The van der Waals surface area contributed by atoms with Gasteiger partial charge in [-0.15, -0.1) is 0 Å². The lowest BCUT2D eigenvalue weighted by molar-refractivity contribution is -0.384. The number of hydrogen-bond donors (Lipinski definition) is 1. The molecule has 0 amide bonds. The van der Waals surface area contributed by atoms with Crippen molar-refractivity contribution in [3.8, 4) is 5.75 Å². The Kier molecular flexibility index (Phi) is 4.44. The van der Waals surface area contributed by atoms with Crippen molar-refractivity contribution in [3.63, 3.8) is 0 Å². The number of nitro benzene ring substituents is 1. The summed E-state index contributed by atoms with van der Waals surface area (Å²) in [6.07, 6.45) is -1.35. The highest BCUT2D eigenvalue weighted by Gasteiger charge is 2.15. The van der Waals surface area contributed by atoms with Crippen LogP contribution in [0.2, 0.25) is 0 Å². The van der Waals surface area contributed by atoms with Crippen molar-refractivity contribution in [2.24, 2.45) is 0 Å². The topological polar surface area (TPSA) is 72.6 Å². The van der Waals surface area contributed by atoms with E-state index < -0.39 is 22.7 Å². The average Bonchev–Trinajstić information content (AvgIpc) is 2.47. The largest absolute Gasteiger partial charge is 0.491 e. The molecule has 110 valence electrons. The Balaban J connectivity index is 2.02. The van der Waals surface area contributed by atoms with Gasteiger partial charge in [-0.3, -0.25) is 10.1 Å². The zero-order valence-electron chi connectivity index (χ0n) is 10.7. The predicted molar refractivity (Wildman–Crippen MR) is 69.9 cm³/mol. The van der Waals surface area contributed by atoms with Crippen molar-refractivity contribution < 1.29 is 23.5 Å². The number of rotatable bonds is 5. The third-order valence-corrected chi connectivity index (χ3v) is 2.77. The summed E-state index contributed by atoms with van der Waals surface area (Å²) in [4.78, 5) is 9.93. The molecule has 0 saturated heterocycles. The molecule has 1 unspecified atom stereocenters. The second-order valence-corrected chi connectivity index (χ2v) is 4.24. The Morgan fingerprint density at radius 2 is 1.86 bits per heavy atom. The van der Waals surface area contributed by atoms with Gasteiger partial charge < -0.3 is 9.84 Å². The number of non-ortho nitro benzene ring substituents is 1. The molecular weight excluding hydrogens is 284 g/mol. The summed E-state index contributed by atoms with van der Waals surface area (Å²) in [5.74, 6) is -1.13. The zero-order chi connectivity index (χ0) is 15.4. The number of nitro groups is 1. The van der Waals surface area contributed by atoms with Gasteiger partial charge in [-0.2, -0.15) is 0 Å². The molecule has 1 atom stereocenters. The SMILES string of the molecule is O=[N+]([O-])c1ccc(OCC(O)c2cc(F)ccc2F)cc1. The van der Waals surface area contributed by atoms with E-state index in [1.807, 2.05) is 0 Å². The maximum absolute atomic E-state index is 13.4. The van der Waals surface area contributed by atoms with Crippen molar-refractivity contribution in [2.75, 3.05) is 6.61 Å². The molecule has 0 aliphatic heterocycles. The number of hydrogen-bond acceptors (Lipinski definition) is 4. The molecule has 7 heteroatoms. The minimum absolute atomic E-state index is 0.0981. The van der Waals surface area contributed by atoms with E-state index in [1.54, 1.807) is 0 Å². The predicted octanol–water partition coefficient (Wildman–Crippen LogP) is 2.99. The van der Waals surface area contributed by atoms with Gasteiger partial charge in [0.15, 0.2) is 0 Å². The molecule has 0 spiro atoms. The molecule has 0 fully saturated rings. The van der Waals surface area contributed by atoms with Crippen LogP contribution in [0.4, 0.5) is 14.5 Å². The minimum Gasteiger partial charge on any atom is -0.491 e. The zero-order valence-corrected chi connectivity index (χ0v) is 10.7. The standard InChI is InChI=1S/C14H11F2NO4/c15-9-1-6-13(16)12(7-9)14(18)8-21-11-4-2-10(3-5-11)17(19)20/h1-7,14,18H,8H2. The Hall–Kier alpha value is -2.54. The van der Waals surface area contributed by atoms with Crippen LogP contribution in [-0.2, 0) is 0 Å². The van der Waals surface area contributed by atoms with Crippen LogP contribution in [0.3, 0.4) is 0 Å². The maximum atomic E-state index is 13.4. The summed E-state index contributed by atoms with van der Waals surface area (Å²) < 4.78 is 31.6. The van der Waals surface area contributed by atoms with Gasteiger partial charge in [0.05, 0.1) is 4.92 Å². The lowest BCUT2D eigenvalue weighted by Gasteiger charge is -2.13. The van der Waals surface area contributed by atoms with Crippen LogP contribution in [0.5, 0.6) is 5.75 Å². The first-order valence-electron chi connectivity index (χ1n) is 5.97. The maximum Gasteiger partial charge on any atom is 0.269 e. The monoisotopic (exact) mass is 295 g/mol. The van der Waals surface area contributed by atoms with Gasteiger partial charge in [0.1, 0.15) is 30.1 Å². The second-order valence-electron chi connectivity index (χ2n) is 4.24. The lowest BCUT2D eigenvalue weighted by Crippen LogP contribution is -2.11. The quantitative estimate of drug-likeness (QED) is 0.680. The van der Waals surface area contributed by atoms with E-state index >= 15 is 0 Å². The van der Waals surface area contributed by atoms with E-state index in [0.29, 0.717) is 0 Å². The Morgan fingerprint density at radius 1 is 1.19 bits per heavy atom. The molecule has 0 heterocycles. The van der Waals surface area contributed by atoms with Gasteiger partial charge in [0.2, 0.25) is 0 Å². The van der Waals surface area contributed by atoms with Gasteiger partial charge in [-0.05, 0) is 30.3 Å². The Labute approximate surface area is 118 Å². The third-order valence-electron chi connectivity index (χ3n) is 2.77. The van der Waals surface area contributed by atoms with Crippen molar-refractivity contribution in [3.05, 3.63) is 69.8 Å². The number of aliphatic hydroxyl groups excluding tert-OH is 1. The highest BCUT2D eigenvalue weighted by atomic mass is 19.1. The van der Waals surface area contributed by atoms with Crippen LogP contribution in [0, 0.1) is 21.7 Å². The third kappa shape index (κ3) is 3.73. The molecule has 0 aliphatic carbocycles. The molecule has 21 heavy (non-hydrogen) atoms. The molecule has 0 saturated carbocycles. The summed E-state index contributed by atoms with van der Waals surface area (Å²) in [5, 5.41) is 20.3. The highest BCUT2D eigenvalue weighted by molar-refractivity contribution is 5.36. The molecular formula is C14H11F2NO4. The fourth-order valence-corrected chi connectivity index (χ4v) is 1.70. The fourth-order valence-electron chi connectivity index (χ4n) is 1.70. The number of aliphatic hydroxyl groups is 1. The lowest BCUT2D eigenvalue weighted by atomic mass is 10.1. The Bertz CT molecular complexity index is 646. The summed E-state index contributed by atoms with van der Waals surface area (Å²) in [6, 6.07) is 7.94. The molecule has 2 aromatic rings. The van der Waals surface area contributed by atoms with E-state index in [2.05, 4.69) is 0 Å². The molecule has 5 nitrogen and oxygen atoms in total. The van der Waals surface area contributed by atoms with Gasteiger partial charge in [-0.25, -0.2) is 8.78 Å². The van der Waals surface area contributed by atoms with E-state index in [0.717, 1.165) is 18.2 Å². The van der Waals surface area contributed by atoms with Crippen LogP contribution in [-0.4, -0.2) is 16.6 Å². The van der Waals surface area contributed by atoms with Crippen LogP contribution < -0.4 is 4.74 Å². The van der Waals surface area contributed by atoms with E-state index in [9.17, 15) is 24.0 Å². The molecule has 0 bridgehead atoms. The smallest absolute Gasteiger partial charge is 0.269 e. The van der Waals surface area contributed by atoms with Crippen molar-refractivity contribution in [2.45, 2.75) is 6.10 Å². The summed E-state index contributed by atoms with van der Waals surface area (Å²) >= 11 is 0. The van der Waals surface area contributed by atoms with Crippen LogP contribution in [0.15, 0.2) is 42.5 Å². The van der Waals surface area contributed by atoms with Gasteiger partial charge in [0.25, 0.3) is 5.69 Å². The van der Waals surface area contributed by atoms with Crippen LogP contribution >= 0.6 is 0 Å². The molecule has 2 aromatic carbocycles. The van der Waals surface area contributed by atoms with Crippen molar-refractivity contribution >= 4 is 5.69 Å². The van der Waals surface area contributed by atoms with Gasteiger partial charge >= 0.3 is 0 Å². The number of benzene rings is 2. The molecule has 2 rings (SSSR count). The fraction of sp³-hybridized carbons (Fsp3) is 0.143. The minimum atomic E-state index is -1.35. The summed E-state index contributed by atoms with van der Waals surface area (Å²) in [5.41, 5.74) is -0.309. The van der Waals surface area contributed by atoms with Crippen LogP contribution in [0.1, 0.15) is 11.7 Å². The summed E-state index contributed by atoms with van der Waals surface area (Å²) in [6.45, 7) is -0.307. The van der Waals surface area contributed by atoms with Crippen molar-refractivity contribution in [1.82, 2.24) is 0 Å². The number of nitrogens with zero attached hydrogens (tertiary/aromatic N) is 1. The van der Waals surface area contributed by atoms with E-state index in [-0.39, 0.29) is 23.6 Å². The first kappa shape index (κ1) is 14.9. The summed E-state index contributed by atoms with van der Waals surface area (Å²) in [7, 11) is 0. The van der Waals surface area contributed by atoms with Crippen molar-refractivity contribution in [1.29, 1.82) is 0 Å². The molecule has 0 aromatic heterocycles. The first-order valence-corrected chi connectivity index (χ1v) is 5.97.